The fourth-order valence-corrected chi connectivity index (χ4v) is 0.285. The zero-order chi connectivity index (χ0) is 12.7. The van der Waals surface area contributed by atoms with E-state index in [2.05, 4.69) is 0 Å². The van der Waals surface area contributed by atoms with Gasteiger partial charge in [-0.2, -0.15) is 8.42 Å². The van der Waals surface area contributed by atoms with E-state index < -0.39 is 22.7 Å². The van der Waals surface area contributed by atoms with Crippen molar-refractivity contribution in [1.29, 1.82) is 0 Å². The van der Waals surface area contributed by atoms with Crippen molar-refractivity contribution in [2.75, 3.05) is 0 Å². The van der Waals surface area contributed by atoms with E-state index in [0.29, 0.717) is 19.3 Å². The molecule has 1 radical (unpaired) electrons. The molecule has 0 saturated carbocycles. The van der Waals surface area contributed by atoms with Gasteiger partial charge in [0.15, 0.2) is 0 Å². The van der Waals surface area contributed by atoms with Crippen LogP contribution in [0.25, 0.3) is 0 Å². The van der Waals surface area contributed by atoms with Gasteiger partial charge in [-0.3, -0.25) is 18.2 Å². The van der Waals surface area contributed by atoms with Crippen LogP contribution in [0.5, 0.6) is 0 Å². The molecule has 16 heavy (non-hydrogen) atoms. The molecule has 0 rings (SSSR count). The zero-order valence-corrected chi connectivity index (χ0v) is 12.1. The molecule has 0 aromatic carbocycles. The fourth-order valence-electron chi connectivity index (χ4n) is 0.285. The first kappa shape index (κ1) is 25.4. The minimum atomic E-state index is -2.61. The van der Waals surface area contributed by atoms with Gasteiger partial charge in [0.2, 0.25) is 0 Å². The number of unbranched alkanes of at least 4 members (excludes halogenated alkanes) is 2. The Morgan fingerprint density at radius 1 is 0.812 bits per heavy atom. The summed E-state index contributed by atoms with van der Waals surface area (Å²) in [6.07, 6.45) is 3.37. The summed E-state index contributed by atoms with van der Waals surface area (Å²) in [7, 11) is 0. The van der Waals surface area contributed by atoms with Crippen molar-refractivity contribution < 1.29 is 36.2 Å². The predicted molar refractivity (Wildman–Crippen MR) is 58.5 cm³/mol. The molecule has 0 heterocycles. The summed E-state index contributed by atoms with van der Waals surface area (Å²) in [6, 6.07) is 0. The van der Waals surface area contributed by atoms with Crippen LogP contribution in [-0.2, 0) is 32.3 Å². The second kappa shape index (κ2) is 24.6. The summed E-state index contributed by atoms with van der Waals surface area (Å²) >= 11 is -5.22. The van der Waals surface area contributed by atoms with Crippen LogP contribution >= 0.6 is 0 Å². The summed E-state index contributed by atoms with van der Waals surface area (Å²) in [6.45, 7) is 0. The number of hydrogen-bond acceptors (Lipinski definition) is 4. The van der Waals surface area contributed by atoms with Crippen LogP contribution < -0.4 is 0 Å². The molecule has 0 amide bonds. The fraction of sp³-hybridized carbons (Fsp3) is 0.600. The maximum atomic E-state index is 9.56. The van der Waals surface area contributed by atoms with E-state index in [-0.39, 0.29) is 29.6 Å². The standard InChI is InChI=1S/C5H8O2.Na.2H2O3S/c6-4-2-1-3-5-7;;2*1-4(2)3/h4-5H,1-3H2;;2*(H2,1,2,3). The molecule has 0 aromatic heterocycles. The Morgan fingerprint density at radius 3 is 1.12 bits per heavy atom. The van der Waals surface area contributed by atoms with E-state index >= 15 is 0 Å². The van der Waals surface area contributed by atoms with E-state index in [1.165, 1.54) is 0 Å². The molecule has 0 unspecified atom stereocenters. The summed E-state index contributed by atoms with van der Waals surface area (Å²) in [5.41, 5.74) is 0. The smallest absolute Gasteiger partial charge is 0.299 e. The average Bonchev–Trinajstić information content (AvgIpc) is 2.03. The molecule has 0 atom stereocenters. The number of aldehydes is 2. The van der Waals surface area contributed by atoms with Gasteiger partial charge in [0.25, 0.3) is 22.7 Å². The van der Waals surface area contributed by atoms with E-state index in [4.69, 9.17) is 26.6 Å². The number of rotatable bonds is 4. The van der Waals surface area contributed by atoms with Crippen molar-refractivity contribution in [3.05, 3.63) is 0 Å². The molecule has 0 aromatic rings. The van der Waals surface area contributed by atoms with Gasteiger partial charge in [-0.1, -0.05) is 0 Å². The van der Waals surface area contributed by atoms with Gasteiger partial charge in [-0.05, 0) is 6.42 Å². The second-order valence-corrected chi connectivity index (χ2v) is 2.65. The Labute approximate surface area is 120 Å². The van der Waals surface area contributed by atoms with Crippen LogP contribution in [0, 0.1) is 0 Å². The van der Waals surface area contributed by atoms with Gasteiger partial charge >= 0.3 is 0 Å². The zero-order valence-electron chi connectivity index (χ0n) is 8.51. The van der Waals surface area contributed by atoms with Crippen molar-refractivity contribution >= 4 is 64.9 Å². The Balaban J connectivity index is -0.0000000700. The van der Waals surface area contributed by atoms with Crippen LogP contribution in [0.15, 0.2) is 0 Å². The van der Waals surface area contributed by atoms with Gasteiger partial charge in [0.05, 0.1) is 0 Å². The third-order valence-corrected chi connectivity index (χ3v) is 0.644. The molecule has 8 nitrogen and oxygen atoms in total. The Kier molecular flexibility index (Phi) is 39.0. The molecule has 93 valence electrons. The molecule has 0 saturated heterocycles. The predicted octanol–water partition coefficient (Wildman–Crippen LogP) is -0.464. The SMILES string of the molecule is O=CCCCC=O.O=S(O)O.O=S(O)O.[Na]. The van der Waals surface area contributed by atoms with Crippen molar-refractivity contribution in [2.24, 2.45) is 0 Å². The van der Waals surface area contributed by atoms with Crippen LogP contribution in [0.4, 0.5) is 0 Å². The van der Waals surface area contributed by atoms with Gasteiger partial charge in [0, 0.05) is 42.4 Å². The first-order valence-corrected chi connectivity index (χ1v) is 5.48. The van der Waals surface area contributed by atoms with E-state index in [1.807, 2.05) is 0 Å². The maximum absolute atomic E-state index is 9.56. The minimum absolute atomic E-state index is 0. The van der Waals surface area contributed by atoms with Gasteiger partial charge in [-0.15, -0.1) is 0 Å². The van der Waals surface area contributed by atoms with Gasteiger partial charge in [0.1, 0.15) is 12.6 Å². The molecule has 0 aliphatic heterocycles. The molecular formula is C5H12NaO8S2. The summed E-state index contributed by atoms with van der Waals surface area (Å²) < 4.78 is 45.7. The van der Waals surface area contributed by atoms with E-state index in [9.17, 15) is 9.59 Å². The molecular weight excluding hydrogens is 275 g/mol. The minimum Gasteiger partial charge on any atom is -0.303 e. The number of carbonyl (C=O) groups excluding carboxylic acids is 2. The maximum Gasteiger partial charge on any atom is 0.299 e. The molecule has 0 fully saturated rings. The van der Waals surface area contributed by atoms with Gasteiger partial charge < -0.3 is 9.59 Å². The quantitative estimate of drug-likeness (QED) is 0.235. The summed E-state index contributed by atoms with van der Waals surface area (Å²) in [5.74, 6) is 0. The molecule has 0 bridgehead atoms. The number of carbonyl (C=O) groups is 2. The van der Waals surface area contributed by atoms with Crippen LogP contribution in [0.1, 0.15) is 19.3 Å². The monoisotopic (exact) mass is 287 g/mol. The van der Waals surface area contributed by atoms with Crippen LogP contribution in [-0.4, -0.2) is 68.8 Å². The third-order valence-electron chi connectivity index (χ3n) is 0.644. The first-order valence-electron chi connectivity index (χ1n) is 3.35. The molecule has 0 aliphatic rings. The largest absolute Gasteiger partial charge is 0.303 e. The third kappa shape index (κ3) is 131. The Morgan fingerprint density at radius 2 is 1.00 bits per heavy atom. The molecule has 0 spiro atoms. The van der Waals surface area contributed by atoms with Crippen molar-refractivity contribution in [1.82, 2.24) is 0 Å². The van der Waals surface area contributed by atoms with Crippen LogP contribution in [0.2, 0.25) is 0 Å². The van der Waals surface area contributed by atoms with Crippen molar-refractivity contribution in [3.63, 3.8) is 0 Å². The van der Waals surface area contributed by atoms with Gasteiger partial charge in [-0.25, -0.2) is 0 Å². The van der Waals surface area contributed by atoms with E-state index in [0.717, 1.165) is 12.6 Å². The Bertz CT molecular complexity index is 171. The van der Waals surface area contributed by atoms with E-state index in [1.54, 1.807) is 0 Å². The average molecular weight is 287 g/mol. The molecule has 4 N–H and O–H groups in total. The van der Waals surface area contributed by atoms with Crippen molar-refractivity contribution in [2.45, 2.75) is 19.3 Å². The topological polar surface area (TPSA) is 149 Å². The summed E-state index contributed by atoms with van der Waals surface area (Å²) in [5, 5.41) is 0. The normalized spacial score (nSPS) is 7.88. The molecule has 11 heteroatoms. The molecule has 0 aliphatic carbocycles. The summed E-state index contributed by atoms with van der Waals surface area (Å²) in [4.78, 5) is 19.1. The number of hydrogen-bond donors (Lipinski definition) is 4. The Hall–Kier alpha value is 0.480. The van der Waals surface area contributed by atoms with Crippen LogP contribution in [0.3, 0.4) is 0 Å². The first-order chi connectivity index (χ1) is 6.88. The van der Waals surface area contributed by atoms with Crippen molar-refractivity contribution in [3.8, 4) is 0 Å². The second-order valence-electron chi connectivity index (χ2n) is 1.73.